The molecule has 0 saturated heterocycles. The highest BCUT2D eigenvalue weighted by Gasteiger charge is 2.18. The van der Waals surface area contributed by atoms with Crippen LogP contribution in [0, 0.1) is 0 Å². The van der Waals surface area contributed by atoms with Crippen molar-refractivity contribution in [3.8, 4) is 0 Å². The van der Waals surface area contributed by atoms with Gasteiger partial charge in [0.25, 0.3) is 0 Å². The van der Waals surface area contributed by atoms with Gasteiger partial charge in [-0.25, -0.2) is 0 Å². The summed E-state index contributed by atoms with van der Waals surface area (Å²) in [6.45, 7) is 1.10. The van der Waals surface area contributed by atoms with E-state index in [0.29, 0.717) is 0 Å². The van der Waals surface area contributed by atoms with Crippen molar-refractivity contribution < 1.29 is 18.4 Å². The molecule has 98 valence electrons. The molecule has 1 aromatic rings. The van der Waals surface area contributed by atoms with Gasteiger partial charge in [-0.2, -0.15) is 0 Å². The molecule has 0 heterocycles. The van der Waals surface area contributed by atoms with E-state index in [-0.39, 0.29) is 6.54 Å². The van der Waals surface area contributed by atoms with E-state index >= 15 is 0 Å². The standard InChI is InChI=1S/C13H18N2O3/c1-10(16)15-12(9-18-2)13(17)14-8-11-6-4-3-5-7-11/h3-7,12H,8-9H2,1-2H3,(H,14,17)(H,15,16)/i2D3. The summed E-state index contributed by atoms with van der Waals surface area (Å²) in [5.41, 5.74) is 0.893. The molecule has 1 unspecified atom stereocenters. The summed E-state index contributed by atoms with van der Waals surface area (Å²) in [7, 11) is -2.61. The summed E-state index contributed by atoms with van der Waals surface area (Å²) in [6, 6.07) is 8.16. The van der Waals surface area contributed by atoms with E-state index < -0.39 is 31.5 Å². The molecule has 5 heteroatoms. The van der Waals surface area contributed by atoms with Crippen LogP contribution in [-0.2, 0) is 20.9 Å². The molecule has 2 N–H and O–H groups in total. The highest BCUT2D eigenvalue weighted by Crippen LogP contribution is 1.97. The Morgan fingerprint density at radius 3 is 2.72 bits per heavy atom. The molecule has 2 amide bonds. The van der Waals surface area contributed by atoms with Crippen LogP contribution in [0.15, 0.2) is 30.3 Å². The molecule has 0 saturated carbocycles. The van der Waals surface area contributed by atoms with E-state index in [1.807, 2.05) is 30.3 Å². The SMILES string of the molecule is [2H]C([2H])([2H])OCC(NC(C)=O)C(=O)NCc1ccccc1. The molecule has 0 spiro atoms. The Morgan fingerprint density at radius 1 is 1.39 bits per heavy atom. The number of ether oxygens (including phenoxy) is 1. The molecule has 0 aliphatic heterocycles. The number of amides is 2. The largest absolute Gasteiger partial charge is 0.382 e. The summed E-state index contributed by atoms with van der Waals surface area (Å²) >= 11 is 0. The van der Waals surface area contributed by atoms with Gasteiger partial charge < -0.3 is 15.4 Å². The number of carbonyl (C=O) groups excluding carboxylic acids is 2. The average Bonchev–Trinajstić information content (AvgIpc) is 2.40. The van der Waals surface area contributed by atoms with Crippen LogP contribution in [0.4, 0.5) is 0 Å². The number of benzene rings is 1. The Morgan fingerprint density at radius 2 is 2.11 bits per heavy atom. The smallest absolute Gasteiger partial charge is 0.245 e. The third kappa shape index (κ3) is 4.97. The van der Waals surface area contributed by atoms with Crippen LogP contribution in [-0.4, -0.2) is 31.5 Å². The Balaban J connectivity index is 2.56. The van der Waals surface area contributed by atoms with E-state index in [2.05, 4.69) is 15.4 Å². The molecule has 0 aliphatic carbocycles. The van der Waals surface area contributed by atoms with E-state index in [9.17, 15) is 9.59 Å². The zero-order valence-corrected chi connectivity index (χ0v) is 10.1. The van der Waals surface area contributed by atoms with Crippen molar-refractivity contribution in [1.82, 2.24) is 10.6 Å². The van der Waals surface area contributed by atoms with Crippen LogP contribution >= 0.6 is 0 Å². The quantitative estimate of drug-likeness (QED) is 0.773. The molecule has 1 rings (SSSR count). The van der Waals surface area contributed by atoms with Gasteiger partial charge in [-0.05, 0) is 5.56 Å². The Hall–Kier alpha value is -1.88. The number of hydrogen-bond donors (Lipinski definition) is 2. The topological polar surface area (TPSA) is 67.4 Å². The monoisotopic (exact) mass is 253 g/mol. The Bertz CT molecular complexity index is 477. The minimum Gasteiger partial charge on any atom is -0.382 e. The zero-order valence-electron chi connectivity index (χ0n) is 13.1. The lowest BCUT2D eigenvalue weighted by molar-refractivity contribution is -0.129. The van der Waals surface area contributed by atoms with Crippen LogP contribution in [0.5, 0.6) is 0 Å². The van der Waals surface area contributed by atoms with Crippen LogP contribution in [0.3, 0.4) is 0 Å². The number of hydrogen-bond acceptors (Lipinski definition) is 3. The minimum atomic E-state index is -2.61. The van der Waals surface area contributed by atoms with Gasteiger partial charge >= 0.3 is 0 Å². The summed E-state index contributed by atoms with van der Waals surface area (Å²) in [4.78, 5) is 23.0. The van der Waals surface area contributed by atoms with Crippen LogP contribution in [0.25, 0.3) is 0 Å². The van der Waals surface area contributed by atoms with Gasteiger partial charge in [0.15, 0.2) is 0 Å². The van der Waals surface area contributed by atoms with Crippen molar-refractivity contribution in [3.63, 3.8) is 0 Å². The van der Waals surface area contributed by atoms with Crippen molar-refractivity contribution in [1.29, 1.82) is 0 Å². The minimum absolute atomic E-state index is 0.281. The van der Waals surface area contributed by atoms with Gasteiger partial charge in [0.2, 0.25) is 11.8 Å². The first-order chi connectivity index (χ1) is 9.78. The normalized spacial score (nSPS) is 14.8. The van der Waals surface area contributed by atoms with Crippen LogP contribution < -0.4 is 10.6 Å². The molecule has 0 aliphatic rings. The van der Waals surface area contributed by atoms with E-state index in [1.165, 1.54) is 6.92 Å². The third-order valence-electron chi connectivity index (χ3n) is 2.25. The van der Waals surface area contributed by atoms with Gasteiger partial charge in [-0.3, -0.25) is 9.59 Å². The van der Waals surface area contributed by atoms with Crippen LogP contribution in [0.2, 0.25) is 0 Å². The van der Waals surface area contributed by atoms with E-state index in [0.717, 1.165) is 5.56 Å². The fraction of sp³-hybridized carbons (Fsp3) is 0.385. The molecule has 0 radical (unpaired) electrons. The molecule has 5 nitrogen and oxygen atoms in total. The van der Waals surface area contributed by atoms with Crippen LogP contribution in [0.1, 0.15) is 16.6 Å². The van der Waals surface area contributed by atoms with Crippen molar-refractivity contribution >= 4 is 11.8 Å². The summed E-state index contributed by atoms with van der Waals surface area (Å²) in [6.07, 6.45) is 0. The van der Waals surface area contributed by atoms with E-state index in [1.54, 1.807) is 0 Å². The van der Waals surface area contributed by atoms with Crippen molar-refractivity contribution in [3.05, 3.63) is 35.9 Å². The Kier molecular flexibility index (Phi) is 4.17. The lowest BCUT2D eigenvalue weighted by Gasteiger charge is -2.16. The molecule has 18 heavy (non-hydrogen) atoms. The maximum absolute atomic E-state index is 12.0. The summed E-state index contributed by atoms with van der Waals surface area (Å²) < 4.78 is 25.4. The molecular formula is C13H18N2O3. The molecule has 0 aromatic heterocycles. The highest BCUT2D eigenvalue weighted by atomic mass is 16.5. The fourth-order valence-electron chi connectivity index (χ4n) is 1.42. The summed E-state index contributed by atoms with van der Waals surface area (Å²) in [5.74, 6) is -0.942. The van der Waals surface area contributed by atoms with Crippen molar-refractivity contribution in [2.24, 2.45) is 0 Å². The predicted molar refractivity (Wildman–Crippen MR) is 67.8 cm³/mol. The molecule has 1 atom stereocenters. The molecule has 1 aromatic carbocycles. The first kappa shape index (κ1) is 10.1. The molecule has 0 fully saturated rings. The third-order valence-corrected chi connectivity index (χ3v) is 2.25. The first-order valence-corrected chi connectivity index (χ1v) is 5.50. The second-order valence-corrected chi connectivity index (χ2v) is 3.77. The second-order valence-electron chi connectivity index (χ2n) is 3.77. The Labute approximate surface area is 111 Å². The average molecular weight is 253 g/mol. The highest BCUT2D eigenvalue weighted by molar-refractivity contribution is 5.86. The van der Waals surface area contributed by atoms with Gasteiger partial charge in [-0.1, -0.05) is 30.3 Å². The predicted octanol–water partition coefficient (Wildman–Crippen LogP) is 0.454. The van der Waals surface area contributed by atoms with E-state index in [4.69, 9.17) is 4.11 Å². The maximum atomic E-state index is 12.0. The molecule has 0 bridgehead atoms. The first-order valence-electron chi connectivity index (χ1n) is 7.00. The van der Waals surface area contributed by atoms with Gasteiger partial charge in [0.1, 0.15) is 6.04 Å². The lowest BCUT2D eigenvalue weighted by atomic mass is 10.2. The molecular weight excluding hydrogens is 232 g/mol. The van der Waals surface area contributed by atoms with Crippen molar-refractivity contribution in [2.45, 2.75) is 19.5 Å². The number of methoxy groups -OCH3 is 1. The lowest BCUT2D eigenvalue weighted by Crippen LogP contribution is -2.48. The van der Waals surface area contributed by atoms with Gasteiger partial charge in [0.05, 0.1) is 10.7 Å². The summed E-state index contributed by atoms with van der Waals surface area (Å²) in [5, 5.41) is 4.99. The maximum Gasteiger partial charge on any atom is 0.245 e. The second kappa shape index (κ2) is 7.45. The van der Waals surface area contributed by atoms with Gasteiger partial charge in [-0.15, -0.1) is 0 Å². The number of rotatable bonds is 6. The number of nitrogens with one attached hydrogen (secondary N) is 2. The zero-order chi connectivity index (χ0) is 15.9. The van der Waals surface area contributed by atoms with Crippen molar-refractivity contribution in [2.75, 3.05) is 13.6 Å². The number of carbonyl (C=O) groups is 2. The van der Waals surface area contributed by atoms with Gasteiger partial charge in [0, 0.05) is 20.5 Å². The fourth-order valence-corrected chi connectivity index (χ4v) is 1.42.